The third-order valence-corrected chi connectivity index (χ3v) is 5.82. The molecule has 1 aliphatic heterocycles. The highest BCUT2D eigenvalue weighted by molar-refractivity contribution is 7.12. The van der Waals surface area contributed by atoms with Gasteiger partial charge in [0.05, 0.1) is 4.88 Å². The van der Waals surface area contributed by atoms with Crippen molar-refractivity contribution in [3.05, 3.63) is 39.3 Å². The third kappa shape index (κ3) is 2.84. The summed E-state index contributed by atoms with van der Waals surface area (Å²) in [5.41, 5.74) is 7.63. The van der Waals surface area contributed by atoms with Gasteiger partial charge in [0.1, 0.15) is 5.69 Å². The standard InChI is InChI=1S/C17H20N4O2S/c18-16(22)14-8-13(19-20-14)11-2-1-6-21(9-11)17(23)15-12(5-7-24-15)10-3-4-10/h5,7-8,10-11H,1-4,6,9H2,(H2,18,22)(H,19,20)/t11-/m1/s1. The average Bonchev–Trinajstić information content (AvgIpc) is 3.13. The maximum atomic E-state index is 12.9. The highest BCUT2D eigenvalue weighted by atomic mass is 32.1. The van der Waals surface area contributed by atoms with Gasteiger partial charge in [-0.15, -0.1) is 11.3 Å². The zero-order valence-corrected chi connectivity index (χ0v) is 14.1. The number of hydrogen-bond acceptors (Lipinski definition) is 4. The van der Waals surface area contributed by atoms with Gasteiger partial charge in [-0.1, -0.05) is 0 Å². The molecule has 2 amide bonds. The van der Waals surface area contributed by atoms with E-state index in [4.69, 9.17) is 5.73 Å². The fourth-order valence-electron chi connectivity index (χ4n) is 3.44. The van der Waals surface area contributed by atoms with Gasteiger partial charge in [-0.05, 0) is 54.7 Å². The molecule has 0 bridgehead atoms. The highest BCUT2D eigenvalue weighted by Crippen LogP contribution is 2.43. The Kier molecular flexibility index (Phi) is 3.88. The molecule has 0 radical (unpaired) electrons. The second-order valence-corrected chi connectivity index (χ2v) is 7.56. The zero-order chi connectivity index (χ0) is 16.7. The van der Waals surface area contributed by atoms with Gasteiger partial charge in [0, 0.05) is 24.7 Å². The predicted octanol–water partition coefficient (Wildman–Crippen LogP) is 2.47. The van der Waals surface area contributed by atoms with Crippen LogP contribution < -0.4 is 5.73 Å². The summed E-state index contributed by atoms with van der Waals surface area (Å²) in [5.74, 6) is 0.370. The molecule has 24 heavy (non-hydrogen) atoms. The Morgan fingerprint density at radius 1 is 1.29 bits per heavy atom. The summed E-state index contributed by atoms with van der Waals surface area (Å²) in [5, 5.41) is 8.88. The van der Waals surface area contributed by atoms with Crippen molar-refractivity contribution in [2.75, 3.05) is 13.1 Å². The van der Waals surface area contributed by atoms with Crippen LogP contribution in [0.2, 0.25) is 0 Å². The summed E-state index contributed by atoms with van der Waals surface area (Å²) in [6, 6.07) is 3.81. The number of carbonyl (C=O) groups excluding carboxylic acids is 2. The third-order valence-electron chi connectivity index (χ3n) is 4.91. The van der Waals surface area contributed by atoms with Crippen molar-refractivity contribution in [3.63, 3.8) is 0 Å². The number of likely N-dealkylation sites (tertiary alicyclic amines) is 1. The van der Waals surface area contributed by atoms with E-state index < -0.39 is 5.91 Å². The Labute approximate surface area is 144 Å². The van der Waals surface area contributed by atoms with Crippen molar-refractivity contribution in [1.29, 1.82) is 0 Å². The number of hydrogen-bond donors (Lipinski definition) is 2. The number of nitrogens with zero attached hydrogens (tertiary/aromatic N) is 2. The lowest BCUT2D eigenvalue weighted by atomic mass is 9.94. The molecule has 3 heterocycles. The van der Waals surface area contributed by atoms with Crippen LogP contribution in [-0.2, 0) is 0 Å². The number of nitrogens with two attached hydrogens (primary N) is 1. The molecule has 1 atom stereocenters. The Morgan fingerprint density at radius 3 is 2.83 bits per heavy atom. The van der Waals surface area contributed by atoms with Crippen LogP contribution in [0.5, 0.6) is 0 Å². The molecular formula is C17H20N4O2S. The number of primary amides is 1. The van der Waals surface area contributed by atoms with Gasteiger partial charge in [0.25, 0.3) is 11.8 Å². The SMILES string of the molecule is NC(=O)c1cc([C@@H]2CCCN(C(=O)c3sccc3C3CC3)C2)[nH]n1. The largest absolute Gasteiger partial charge is 0.364 e. The minimum Gasteiger partial charge on any atom is -0.364 e. The number of aromatic nitrogens is 2. The Morgan fingerprint density at radius 2 is 2.12 bits per heavy atom. The Hall–Kier alpha value is -2.15. The molecule has 2 fully saturated rings. The van der Waals surface area contributed by atoms with Crippen LogP contribution in [0.25, 0.3) is 0 Å². The number of aromatic amines is 1. The summed E-state index contributed by atoms with van der Waals surface area (Å²) >= 11 is 1.55. The van der Waals surface area contributed by atoms with E-state index in [0.717, 1.165) is 30.0 Å². The van der Waals surface area contributed by atoms with Gasteiger partial charge in [0.2, 0.25) is 0 Å². The van der Waals surface area contributed by atoms with Gasteiger partial charge in [0.15, 0.2) is 0 Å². The predicted molar refractivity (Wildman–Crippen MR) is 91.3 cm³/mol. The van der Waals surface area contributed by atoms with E-state index in [9.17, 15) is 9.59 Å². The highest BCUT2D eigenvalue weighted by Gasteiger charge is 2.32. The molecule has 1 saturated heterocycles. The first-order valence-corrected chi connectivity index (χ1v) is 9.23. The van der Waals surface area contributed by atoms with Gasteiger partial charge >= 0.3 is 0 Å². The first-order valence-electron chi connectivity index (χ1n) is 8.35. The number of piperidine rings is 1. The lowest BCUT2D eigenvalue weighted by molar-refractivity contribution is 0.0709. The fourth-order valence-corrected chi connectivity index (χ4v) is 4.39. The molecule has 2 aromatic rings. The summed E-state index contributed by atoms with van der Waals surface area (Å²) in [7, 11) is 0. The number of thiophene rings is 1. The maximum Gasteiger partial charge on any atom is 0.269 e. The molecule has 2 aromatic heterocycles. The first kappa shape index (κ1) is 15.4. The van der Waals surface area contributed by atoms with Crippen LogP contribution in [0.4, 0.5) is 0 Å². The molecule has 2 aliphatic rings. The van der Waals surface area contributed by atoms with Crippen molar-refractivity contribution in [3.8, 4) is 0 Å². The summed E-state index contributed by atoms with van der Waals surface area (Å²) in [4.78, 5) is 27.0. The van der Waals surface area contributed by atoms with E-state index in [0.29, 0.717) is 12.5 Å². The van der Waals surface area contributed by atoms with Crippen molar-refractivity contribution >= 4 is 23.2 Å². The lowest BCUT2D eigenvalue weighted by Gasteiger charge is -2.32. The van der Waals surface area contributed by atoms with E-state index in [2.05, 4.69) is 16.3 Å². The van der Waals surface area contributed by atoms with Gasteiger partial charge in [-0.2, -0.15) is 5.10 Å². The average molecular weight is 344 g/mol. The summed E-state index contributed by atoms with van der Waals surface area (Å²) < 4.78 is 0. The van der Waals surface area contributed by atoms with E-state index >= 15 is 0 Å². The minimum absolute atomic E-state index is 0.145. The van der Waals surface area contributed by atoms with E-state index in [-0.39, 0.29) is 17.5 Å². The van der Waals surface area contributed by atoms with Crippen LogP contribution in [0.15, 0.2) is 17.5 Å². The zero-order valence-electron chi connectivity index (χ0n) is 13.3. The number of rotatable bonds is 4. The van der Waals surface area contributed by atoms with Crippen LogP contribution in [0, 0.1) is 0 Å². The van der Waals surface area contributed by atoms with Crippen LogP contribution >= 0.6 is 11.3 Å². The number of H-pyrrole nitrogens is 1. The monoisotopic (exact) mass is 344 g/mol. The molecule has 0 aromatic carbocycles. The second-order valence-electron chi connectivity index (χ2n) is 6.64. The number of nitrogens with one attached hydrogen (secondary N) is 1. The maximum absolute atomic E-state index is 12.9. The van der Waals surface area contributed by atoms with E-state index in [1.807, 2.05) is 10.3 Å². The molecule has 0 spiro atoms. The summed E-state index contributed by atoms with van der Waals surface area (Å²) in [6.45, 7) is 1.44. The first-order chi connectivity index (χ1) is 11.6. The molecule has 7 heteroatoms. The van der Waals surface area contributed by atoms with Crippen molar-refractivity contribution in [2.45, 2.75) is 37.5 Å². The Balaban J connectivity index is 1.50. The number of amides is 2. The topological polar surface area (TPSA) is 92.1 Å². The van der Waals surface area contributed by atoms with Crippen molar-refractivity contribution in [1.82, 2.24) is 15.1 Å². The van der Waals surface area contributed by atoms with Gasteiger partial charge in [-0.25, -0.2) is 0 Å². The normalized spacial score (nSPS) is 21.0. The van der Waals surface area contributed by atoms with Crippen LogP contribution in [0.3, 0.4) is 0 Å². The van der Waals surface area contributed by atoms with E-state index in [1.165, 1.54) is 18.4 Å². The fraction of sp³-hybridized carbons (Fsp3) is 0.471. The smallest absolute Gasteiger partial charge is 0.269 e. The molecule has 4 rings (SSSR count). The molecule has 1 aliphatic carbocycles. The van der Waals surface area contributed by atoms with Gasteiger partial charge in [-0.3, -0.25) is 14.7 Å². The molecule has 0 unspecified atom stereocenters. The molecule has 3 N–H and O–H groups in total. The van der Waals surface area contributed by atoms with Gasteiger partial charge < -0.3 is 10.6 Å². The van der Waals surface area contributed by atoms with E-state index in [1.54, 1.807) is 17.4 Å². The van der Waals surface area contributed by atoms with Crippen molar-refractivity contribution < 1.29 is 9.59 Å². The molecule has 126 valence electrons. The quantitative estimate of drug-likeness (QED) is 0.892. The molecule has 1 saturated carbocycles. The van der Waals surface area contributed by atoms with Crippen molar-refractivity contribution in [2.24, 2.45) is 5.73 Å². The minimum atomic E-state index is -0.533. The Bertz CT molecular complexity index is 777. The van der Waals surface area contributed by atoms with Crippen LogP contribution in [0.1, 0.15) is 68.9 Å². The lowest BCUT2D eigenvalue weighted by Crippen LogP contribution is -2.39. The summed E-state index contributed by atoms with van der Waals surface area (Å²) in [6.07, 6.45) is 4.32. The number of carbonyl (C=O) groups is 2. The molecule has 6 nitrogen and oxygen atoms in total. The second kappa shape index (κ2) is 6.05. The molecular weight excluding hydrogens is 324 g/mol. The van der Waals surface area contributed by atoms with Crippen LogP contribution in [-0.4, -0.2) is 40.0 Å².